The molecule has 0 radical (unpaired) electrons. The molecule has 2 aromatic rings. The minimum Gasteiger partial charge on any atom is -0.489 e. The van der Waals surface area contributed by atoms with Crippen molar-refractivity contribution in [2.24, 2.45) is 0 Å². The van der Waals surface area contributed by atoms with Crippen LogP contribution in [-0.4, -0.2) is 31.3 Å². The number of nitrogens with one attached hydrogen (secondary N) is 2. The molecule has 0 aliphatic heterocycles. The fourth-order valence-electron chi connectivity index (χ4n) is 2.38. The summed E-state index contributed by atoms with van der Waals surface area (Å²) in [6.45, 7) is 3.70. The highest BCUT2D eigenvalue weighted by Gasteiger charge is 2.06. The van der Waals surface area contributed by atoms with Gasteiger partial charge >= 0.3 is 0 Å². The first kappa shape index (κ1) is 20.0. The van der Waals surface area contributed by atoms with Crippen LogP contribution in [0.1, 0.15) is 17.5 Å². The molecule has 4 nitrogen and oxygen atoms in total. The number of aliphatic hydroxyl groups excluding tert-OH is 1. The van der Waals surface area contributed by atoms with Gasteiger partial charge < -0.3 is 20.5 Å². The van der Waals surface area contributed by atoms with Gasteiger partial charge in [-0.15, -0.1) is 0 Å². The Hall–Kier alpha value is -1.30. The summed E-state index contributed by atoms with van der Waals surface area (Å²) in [4.78, 5) is 0. The van der Waals surface area contributed by atoms with E-state index < -0.39 is 0 Å². The first-order valence-electron chi connectivity index (χ1n) is 8.37. The van der Waals surface area contributed by atoms with Crippen molar-refractivity contribution in [2.75, 3.05) is 26.2 Å². The molecule has 0 saturated carbocycles. The topological polar surface area (TPSA) is 53.5 Å². The van der Waals surface area contributed by atoms with Crippen LogP contribution in [0, 0.1) is 0 Å². The molecule has 3 N–H and O–H groups in total. The minimum absolute atomic E-state index is 0.170. The Kier molecular flexibility index (Phi) is 9.08. The summed E-state index contributed by atoms with van der Waals surface area (Å²) in [5.41, 5.74) is 2.05. The molecule has 0 heterocycles. The lowest BCUT2D eigenvalue weighted by atomic mass is 10.2. The van der Waals surface area contributed by atoms with Crippen LogP contribution in [0.2, 0.25) is 10.0 Å². The highest BCUT2D eigenvalue weighted by molar-refractivity contribution is 6.30. The second kappa shape index (κ2) is 11.3. The lowest BCUT2D eigenvalue weighted by Gasteiger charge is -2.13. The number of ether oxygens (including phenoxy) is 1. The van der Waals surface area contributed by atoms with Crippen LogP contribution >= 0.6 is 23.2 Å². The monoisotopic (exact) mass is 382 g/mol. The average molecular weight is 383 g/mol. The van der Waals surface area contributed by atoms with E-state index in [0.29, 0.717) is 29.7 Å². The highest BCUT2D eigenvalue weighted by atomic mass is 35.5. The van der Waals surface area contributed by atoms with Crippen LogP contribution in [0.3, 0.4) is 0 Å². The molecule has 2 rings (SSSR count). The summed E-state index contributed by atoms with van der Waals surface area (Å²) >= 11 is 12.1. The molecule has 25 heavy (non-hydrogen) atoms. The molecule has 0 aromatic heterocycles. The first-order chi connectivity index (χ1) is 12.2. The molecule has 6 heteroatoms. The summed E-state index contributed by atoms with van der Waals surface area (Å²) < 4.78 is 5.95. The van der Waals surface area contributed by atoms with Gasteiger partial charge in [-0.05, 0) is 55.4 Å². The Morgan fingerprint density at radius 3 is 2.52 bits per heavy atom. The van der Waals surface area contributed by atoms with Crippen LogP contribution in [-0.2, 0) is 13.2 Å². The van der Waals surface area contributed by atoms with E-state index in [4.69, 9.17) is 33.0 Å². The van der Waals surface area contributed by atoms with Gasteiger partial charge in [-0.25, -0.2) is 0 Å². The maximum absolute atomic E-state index is 8.71. The highest BCUT2D eigenvalue weighted by Crippen LogP contribution is 2.24. The van der Waals surface area contributed by atoms with Crippen molar-refractivity contribution in [3.63, 3.8) is 0 Å². The number of benzene rings is 2. The predicted octanol–water partition coefficient (Wildman–Crippen LogP) is 3.63. The summed E-state index contributed by atoms with van der Waals surface area (Å²) in [6, 6.07) is 13.3. The summed E-state index contributed by atoms with van der Waals surface area (Å²) in [7, 11) is 0. The number of hydrogen-bond acceptors (Lipinski definition) is 4. The third-order valence-corrected chi connectivity index (χ3v) is 4.09. The van der Waals surface area contributed by atoms with Crippen molar-refractivity contribution < 1.29 is 9.84 Å². The van der Waals surface area contributed by atoms with Crippen molar-refractivity contribution in [3.8, 4) is 5.75 Å². The lowest BCUT2D eigenvalue weighted by molar-refractivity contribution is 0.292. The van der Waals surface area contributed by atoms with E-state index in [2.05, 4.69) is 10.6 Å². The molecule has 0 fully saturated rings. The molecular formula is C19H24Cl2N2O2. The average Bonchev–Trinajstić information content (AvgIpc) is 2.60. The van der Waals surface area contributed by atoms with Crippen LogP contribution in [0.25, 0.3) is 0 Å². The quantitative estimate of drug-likeness (QED) is 0.519. The maximum Gasteiger partial charge on any atom is 0.124 e. The fourth-order valence-corrected chi connectivity index (χ4v) is 2.79. The standard InChI is InChI=1S/C19H24Cl2N2O2/c20-17-4-1-3-15(11-17)14-25-19-6-5-18(21)12-16(19)13-23-8-2-7-22-9-10-24/h1,3-6,11-12,22-24H,2,7-10,13-14H2. The smallest absolute Gasteiger partial charge is 0.124 e. The summed E-state index contributed by atoms with van der Waals surface area (Å²) in [6.07, 6.45) is 0.985. The van der Waals surface area contributed by atoms with E-state index in [1.807, 2.05) is 42.5 Å². The van der Waals surface area contributed by atoms with Gasteiger partial charge in [-0.2, -0.15) is 0 Å². The molecule has 0 bridgehead atoms. The SMILES string of the molecule is OCCNCCCNCc1cc(Cl)ccc1OCc1cccc(Cl)c1. The zero-order valence-corrected chi connectivity index (χ0v) is 15.6. The molecule has 2 aromatic carbocycles. The number of aliphatic hydroxyl groups is 1. The molecule has 0 saturated heterocycles. The molecule has 136 valence electrons. The van der Waals surface area contributed by atoms with E-state index in [9.17, 15) is 0 Å². The fraction of sp³-hybridized carbons (Fsp3) is 0.368. The molecule has 0 amide bonds. The molecule has 0 spiro atoms. The largest absolute Gasteiger partial charge is 0.489 e. The van der Waals surface area contributed by atoms with Crippen LogP contribution < -0.4 is 15.4 Å². The van der Waals surface area contributed by atoms with E-state index in [1.165, 1.54) is 0 Å². The van der Waals surface area contributed by atoms with Crippen molar-refractivity contribution >= 4 is 23.2 Å². The third-order valence-electron chi connectivity index (χ3n) is 3.62. The number of rotatable bonds is 11. The van der Waals surface area contributed by atoms with E-state index in [-0.39, 0.29) is 6.61 Å². The van der Waals surface area contributed by atoms with Crippen LogP contribution in [0.4, 0.5) is 0 Å². The van der Waals surface area contributed by atoms with Gasteiger partial charge in [0.25, 0.3) is 0 Å². The van der Waals surface area contributed by atoms with E-state index in [1.54, 1.807) is 0 Å². The Labute approximate surface area is 159 Å². The van der Waals surface area contributed by atoms with Crippen molar-refractivity contribution in [1.82, 2.24) is 10.6 Å². The van der Waals surface area contributed by atoms with Gasteiger partial charge in [0.15, 0.2) is 0 Å². The normalized spacial score (nSPS) is 10.8. The molecular weight excluding hydrogens is 359 g/mol. The molecule has 0 atom stereocenters. The zero-order valence-electron chi connectivity index (χ0n) is 14.1. The van der Waals surface area contributed by atoms with Gasteiger partial charge in [0.05, 0.1) is 6.61 Å². The zero-order chi connectivity index (χ0) is 17.9. The van der Waals surface area contributed by atoms with Gasteiger partial charge in [0.2, 0.25) is 0 Å². The predicted molar refractivity (Wildman–Crippen MR) is 104 cm³/mol. The van der Waals surface area contributed by atoms with E-state index in [0.717, 1.165) is 36.4 Å². The van der Waals surface area contributed by atoms with Gasteiger partial charge in [0.1, 0.15) is 12.4 Å². The minimum atomic E-state index is 0.170. The molecule has 0 unspecified atom stereocenters. The maximum atomic E-state index is 8.71. The van der Waals surface area contributed by atoms with Crippen LogP contribution in [0.15, 0.2) is 42.5 Å². The van der Waals surface area contributed by atoms with Crippen molar-refractivity contribution in [2.45, 2.75) is 19.6 Å². The third kappa shape index (κ3) is 7.63. The Bertz CT molecular complexity index is 653. The number of halogens is 2. The van der Waals surface area contributed by atoms with Gasteiger partial charge in [-0.1, -0.05) is 35.3 Å². The summed E-state index contributed by atoms with van der Waals surface area (Å²) in [5.74, 6) is 0.815. The Morgan fingerprint density at radius 2 is 1.72 bits per heavy atom. The van der Waals surface area contributed by atoms with Crippen molar-refractivity contribution in [1.29, 1.82) is 0 Å². The number of hydrogen-bond donors (Lipinski definition) is 3. The Balaban J connectivity index is 1.84. The van der Waals surface area contributed by atoms with Crippen LogP contribution in [0.5, 0.6) is 5.75 Å². The second-order valence-electron chi connectivity index (χ2n) is 5.67. The van der Waals surface area contributed by atoms with Gasteiger partial charge in [-0.3, -0.25) is 0 Å². The Morgan fingerprint density at radius 1 is 0.920 bits per heavy atom. The summed E-state index contributed by atoms with van der Waals surface area (Å²) in [5, 5.41) is 16.6. The van der Waals surface area contributed by atoms with E-state index >= 15 is 0 Å². The second-order valence-corrected chi connectivity index (χ2v) is 6.55. The van der Waals surface area contributed by atoms with Gasteiger partial charge in [0, 0.05) is 28.7 Å². The first-order valence-corrected chi connectivity index (χ1v) is 9.12. The molecule has 0 aliphatic rings. The van der Waals surface area contributed by atoms with Crippen molar-refractivity contribution in [3.05, 3.63) is 63.6 Å². The molecule has 0 aliphatic carbocycles. The lowest BCUT2D eigenvalue weighted by Crippen LogP contribution is -2.24.